The number of hydrogen-bond acceptors (Lipinski definition) is 7. The van der Waals surface area contributed by atoms with Crippen LogP contribution in [0.4, 0.5) is 11.6 Å². The SMILES string of the molecule is CCCNC(=O)CCCCCCNC(=N)NC(=O)c1nc(Cl)c(N)nc1N. The monoisotopic (exact) mass is 398 g/mol. The number of carbonyl (C=O) groups is 2. The maximum absolute atomic E-state index is 12.0. The molecule has 1 aromatic rings. The summed E-state index contributed by atoms with van der Waals surface area (Å²) in [6, 6.07) is 0. The van der Waals surface area contributed by atoms with E-state index in [1.807, 2.05) is 6.92 Å². The highest BCUT2D eigenvalue weighted by Crippen LogP contribution is 2.17. The molecule has 1 aromatic heterocycles. The zero-order valence-electron chi connectivity index (χ0n) is 15.4. The number of unbranched alkanes of at least 4 members (excludes halogenated alkanes) is 3. The third-order valence-corrected chi connectivity index (χ3v) is 3.84. The van der Waals surface area contributed by atoms with E-state index >= 15 is 0 Å². The average molecular weight is 399 g/mol. The van der Waals surface area contributed by atoms with Gasteiger partial charge >= 0.3 is 0 Å². The first-order valence-corrected chi connectivity index (χ1v) is 9.21. The maximum atomic E-state index is 12.0. The fraction of sp³-hybridized carbons (Fsp3) is 0.562. The van der Waals surface area contributed by atoms with Crippen molar-refractivity contribution in [1.29, 1.82) is 5.41 Å². The van der Waals surface area contributed by atoms with Gasteiger partial charge in [-0.3, -0.25) is 20.3 Å². The van der Waals surface area contributed by atoms with Gasteiger partial charge in [0, 0.05) is 19.5 Å². The molecule has 0 aromatic carbocycles. The first kappa shape index (κ1) is 22.4. The van der Waals surface area contributed by atoms with Crippen LogP contribution in [0, 0.1) is 5.41 Å². The van der Waals surface area contributed by atoms with E-state index in [-0.39, 0.29) is 34.3 Å². The quantitative estimate of drug-likeness (QED) is 0.194. The molecule has 1 rings (SSSR count). The lowest BCUT2D eigenvalue weighted by atomic mass is 10.1. The van der Waals surface area contributed by atoms with E-state index in [9.17, 15) is 9.59 Å². The lowest BCUT2D eigenvalue weighted by Crippen LogP contribution is -2.41. The second-order valence-electron chi connectivity index (χ2n) is 5.90. The average Bonchev–Trinajstić information content (AvgIpc) is 2.61. The summed E-state index contributed by atoms with van der Waals surface area (Å²) >= 11 is 5.73. The molecule has 0 aliphatic carbocycles. The molecule has 0 bridgehead atoms. The Labute approximate surface area is 163 Å². The summed E-state index contributed by atoms with van der Waals surface area (Å²) in [7, 11) is 0. The predicted octanol–water partition coefficient (Wildman–Crippen LogP) is 1.03. The van der Waals surface area contributed by atoms with Crippen LogP contribution in [0.1, 0.15) is 55.9 Å². The van der Waals surface area contributed by atoms with Crippen LogP contribution in [0.3, 0.4) is 0 Å². The van der Waals surface area contributed by atoms with Gasteiger partial charge in [0.1, 0.15) is 0 Å². The second-order valence-corrected chi connectivity index (χ2v) is 6.26. The summed E-state index contributed by atoms with van der Waals surface area (Å²) in [6.45, 7) is 3.25. The Bertz CT molecular complexity index is 668. The van der Waals surface area contributed by atoms with Crippen molar-refractivity contribution in [3.8, 4) is 0 Å². The van der Waals surface area contributed by atoms with E-state index < -0.39 is 5.91 Å². The summed E-state index contributed by atoms with van der Waals surface area (Å²) in [6.07, 6.45) is 4.96. The van der Waals surface area contributed by atoms with E-state index in [0.717, 1.165) is 38.6 Å². The van der Waals surface area contributed by atoms with Crippen LogP contribution >= 0.6 is 11.6 Å². The number of aromatic nitrogens is 2. The lowest BCUT2D eigenvalue weighted by molar-refractivity contribution is -0.121. The molecule has 0 saturated heterocycles. The molecule has 0 aliphatic rings. The molecule has 0 fully saturated rings. The molecule has 11 heteroatoms. The third-order valence-electron chi connectivity index (χ3n) is 3.56. The number of anilines is 2. The van der Waals surface area contributed by atoms with Gasteiger partial charge in [-0.2, -0.15) is 0 Å². The van der Waals surface area contributed by atoms with Gasteiger partial charge < -0.3 is 22.1 Å². The van der Waals surface area contributed by atoms with Crippen LogP contribution in [0.2, 0.25) is 5.15 Å². The number of nitrogens with zero attached hydrogens (tertiary/aromatic N) is 2. The molecule has 27 heavy (non-hydrogen) atoms. The van der Waals surface area contributed by atoms with Crippen molar-refractivity contribution in [1.82, 2.24) is 25.9 Å². The van der Waals surface area contributed by atoms with E-state index in [4.69, 9.17) is 28.5 Å². The van der Waals surface area contributed by atoms with Crippen molar-refractivity contribution in [3.05, 3.63) is 10.8 Å². The number of nitrogens with two attached hydrogens (primary N) is 2. The molecule has 1 heterocycles. The summed E-state index contributed by atoms with van der Waals surface area (Å²) in [5, 5.41) is 15.5. The summed E-state index contributed by atoms with van der Waals surface area (Å²) in [5.74, 6) is -1.01. The highest BCUT2D eigenvalue weighted by atomic mass is 35.5. The normalized spacial score (nSPS) is 10.3. The Kier molecular flexibility index (Phi) is 9.88. The van der Waals surface area contributed by atoms with Crippen molar-refractivity contribution in [2.75, 3.05) is 24.6 Å². The Morgan fingerprint density at radius 1 is 1.04 bits per heavy atom. The number of carbonyl (C=O) groups excluding carboxylic acids is 2. The van der Waals surface area contributed by atoms with E-state index in [0.29, 0.717) is 13.0 Å². The second kappa shape index (κ2) is 11.9. The fourth-order valence-corrected chi connectivity index (χ4v) is 2.28. The number of guanidine groups is 1. The van der Waals surface area contributed by atoms with Crippen LogP contribution in [-0.2, 0) is 4.79 Å². The summed E-state index contributed by atoms with van der Waals surface area (Å²) in [4.78, 5) is 31.0. The summed E-state index contributed by atoms with van der Waals surface area (Å²) in [5.41, 5.74) is 10.8. The third kappa shape index (κ3) is 8.54. The maximum Gasteiger partial charge on any atom is 0.280 e. The summed E-state index contributed by atoms with van der Waals surface area (Å²) < 4.78 is 0. The van der Waals surface area contributed by atoms with Gasteiger partial charge in [0.2, 0.25) is 5.91 Å². The number of halogens is 1. The highest BCUT2D eigenvalue weighted by molar-refractivity contribution is 6.31. The fourth-order valence-electron chi connectivity index (χ4n) is 2.16. The van der Waals surface area contributed by atoms with Crippen LogP contribution in [0.25, 0.3) is 0 Å². The smallest absolute Gasteiger partial charge is 0.280 e. The molecule has 8 N–H and O–H groups in total. The van der Waals surface area contributed by atoms with Gasteiger partial charge in [-0.15, -0.1) is 0 Å². The van der Waals surface area contributed by atoms with Gasteiger partial charge in [-0.1, -0.05) is 31.4 Å². The van der Waals surface area contributed by atoms with Crippen LogP contribution < -0.4 is 27.4 Å². The molecule has 2 amide bonds. The Morgan fingerprint density at radius 2 is 1.74 bits per heavy atom. The predicted molar refractivity (Wildman–Crippen MR) is 105 cm³/mol. The number of amides is 2. The van der Waals surface area contributed by atoms with E-state index in [1.165, 1.54) is 0 Å². The van der Waals surface area contributed by atoms with Gasteiger partial charge in [0.25, 0.3) is 5.91 Å². The minimum atomic E-state index is -0.697. The Balaban J connectivity index is 2.20. The zero-order valence-corrected chi connectivity index (χ0v) is 16.2. The first-order valence-electron chi connectivity index (χ1n) is 8.84. The number of rotatable bonds is 10. The molecule has 0 aliphatic heterocycles. The Hall–Kier alpha value is -2.62. The molecule has 0 saturated carbocycles. The molecule has 0 spiro atoms. The van der Waals surface area contributed by atoms with Crippen LogP contribution in [0.5, 0.6) is 0 Å². The highest BCUT2D eigenvalue weighted by Gasteiger charge is 2.16. The standard InChI is InChI=1S/C16H27ClN8O2/c1-2-8-21-10(26)7-5-3-4-6-9-22-16(20)25-15(27)11-13(18)24-14(19)12(17)23-11/h2-9H2,1H3,(H,21,26)(H4,18,19,24)(H3,20,22,25,27). The number of hydrogen-bond donors (Lipinski definition) is 6. The zero-order chi connectivity index (χ0) is 20.2. The molecule has 0 radical (unpaired) electrons. The lowest BCUT2D eigenvalue weighted by Gasteiger charge is -2.10. The topological polar surface area (TPSA) is 172 Å². The molecule has 0 atom stereocenters. The molecule has 150 valence electrons. The van der Waals surface area contributed by atoms with Gasteiger partial charge in [0.15, 0.2) is 28.4 Å². The number of nitrogen functional groups attached to an aromatic ring is 2. The number of nitrogens with one attached hydrogen (secondary N) is 4. The van der Waals surface area contributed by atoms with Gasteiger partial charge in [0.05, 0.1) is 0 Å². The van der Waals surface area contributed by atoms with Crippen LogP contribution in [-0.4, -0.2) is 40.8 Å². The minimum Gasteiger partial charge on any atom is -0.382 e. The minimum absolute atomic E-state index is 0.0678. The van der Waals surface area contributed by atoms with Crippen molar-refractivity contribution >= 4 is 41.0 Å². The van der Waals surface area contributed by atoms with Crippen molar-refractivity contribution in [3.63, 3.8) is 0 Å². The first-order chi connectivity index (χ1) is 12.8. The molecule has 10 nitrogen and oxygen atoms in total. The van der Waals surface area contributed by atoms with Gasteiger partial charge in [-0.05, 0) is 19.3 Å². The van der Waals surface area contributed by atoms with Crippen molar-refractivity contribution in [2.45, 2.75) is 45.4 Å². The van der Waals surface area contributed by atoms with Gasteiger partial charge in [-0.25, -0.2) is 9.97 Å². The molecular weight excluding hydrogens is 372 g/mol. The van der Waals surface area contributed by atoms with E-state index in [1.54, 1.807) is 0 Å². The largest absolute Gasteiger partial charge is 0.382 e. The van der Waals surface area contributed by atoms with Crippen LogP contribution in [0.15, 0.2) is 0 Å². The van der Waals surface area contributed by atoms with Crippen molar-refractivity contribution in [2.24, 2.45) is 0 Å². The van der Waals surface area contributed by atoms with E-state index in [2.05, 4.69) is 25.9 Å². The molecular formula is C16H27ClN8O2. The molecule has 0 unspecified atom stereocenters. The van der Waals surface area contributed by atoms with Crippen molar-refractivity contribution < 1.29 is 9.59 Å². The Morgan fingerprint density at radius 3 is 2.44 bits per heavy atom.